The quantitative estimate of drug-likeness (QED) is 0.678. The summed E-state index contributed by atoms with van der Waals surface area (Å²) in [6, 6.07) is 3.56. The third-order valence-corrected chi connectivity index (χ3v) is 3.80. The Morgan fingerprint density at radius 1 is 1.35 bits per heavy atom. The van der Waals surface area contributed by atoms with E-state index < -0.39 is 0 Å². The molecule has 0 aliphatic carbocycles. The molecule has 0 aliphatic heterocycles. The molecule has 0 fully saturated rings. The van der Waals surface area contributed by atoms with Crippen molar-refractivity contribution in [2.45, 2.75) is 26.7 Å². The summed E-state index contributed by atoms with van der Waals surface area (Å²) in [4.78, 5) is 23.9. The van der Waals surface area contributed by atoms with Crippen LogP contribution in [0.1, 0.15) is 36.4 Å². The number of aliphatic hydroxyl groups is 1. The van der Waals surface area contributed by atoms with Crippen molar-refractivity contribution in [1.29, 1.82) is 0 Å². The molecule has 1 aromatic rings. The van der Waals surface area contributed by atoms with Gasteiger partial charge in [-0.15, -0.1) is 11.3 Å². The van der Waals surface area contributed by atoms with E-state index in [1.807, 2.05) is 25.3 Å². The van der Waals surface area contributed by atoms with Crippen molar-refractivity contribution in [3.8, 4) is 0 Å². The van der Waals surface area contributed by atoms with Crippen molar-refractivity contribution < 1.29 is 14.7 Å². The van der Waals surface area contributed by atoms with Gasteiger partial charge in [-0.05, 0) is 23.3 Å². The average Bonchev–Trinajstić information content (AvgIpc) is 2.90. The van der Waals surface area contributed by atoms with Gasteiger partial charge in [-0.2, -0.15) is 0 Å². The van der Waals surface area contributed by atoms with Crippen molar-refractivity contribution >= 4 is 23.2 Å². The molecule has 0 atom stereocenters. The molecule has 1 heterocycles. The average molecular weight is 298 g/mol. The van der Waals surface area contributed by atoms with Crippen LogP contribution in [0.15, 0.2) is 17.5 Å². The molecule has 0 aromatic carbocycles. The van der Waals surface area contributed by atoms with Gasteiger partial charge in [-0.25, -0.2) is 0 Å². The van der Waals surface area contributed by atoms with Crippen LogP contribution < -0.4 is 10.6 Å². The highest BCUT2D eigenvalue weighted by Crippen LogP contribution is 2.17. The molecule has 6 heteroatoms. The molecule has 0 aliphatic rings. The standard InChI is InChI=1S/C14H22N2O3S/c1-14(2,6-8-17)10-16-12(18)5-7-15-13(19)11-4-3-9-20-11/h3-4,9,17H,5-8,10H2,1-2H3,(H,15,19)(H,16,18). The maximum absolute atomic E-state index is 11.6. The number of amides is 2. The zero-order chi connectivity index (χ0) is 15.0. The monoisotopic (exact) mass is 298 g/mol. The molecular formula is C14H22N2O3S. The maximum Gasteiger partial charge on any atom is 0.261 e. The Morgan fingerprint density at radius 2 is 2.10 bits per heavy atom. The molecular weight excluding hydrogens is 276 g/mol. The van der Waals surface area contributed by atoms with Gasteiger partial charge in [0.2, 0.25) is 5.91 Å². The predicted molar refractivity (Wildman–Crippen MR) is 79.8 cm³/mol. The van der Waals surface area contributed by atoms with Gasteiger partial charge >= 0.3 is 0 Å². The first-order chi connectivity index (χ1) is 9.44. The summed E-state index contributed by atoms with van der Waals surface area (Å²) in [5.41, 5.74) is -0.120. The Hall–Kier alpha value is -1.40. The Morgan fingerprint density at radius 3 is 2.70 bits per heavy atom. The predicted octanol–water partition coefficient (Wildman–Crippen LogP) is 1.39. The zero-order valence-corrected chi connectivity index (χ0v) is 12.8. The van der Waals surface area contributed by atoms with Crippen LogP contribution in [0.2, 0.25) is 0 Å². The lowest BCUT2D eigenvalue weighted by atomic mass is 9.90. The molecule has 1 aromatic heterocycles. The van der Waals surface area contributed by atoms with Gasteiger partial charge in [0.25, 0.3) is 5.91 Å². The van der Waals surface area contributed by atoms with Crippen molar-refractivity contribution in [3.05, 3.63) is 22.4 Å². The SMILES string of the molecule is CC(C)(CCO)CNC(=O)CCNC(=O)c1cccs1. The molecule has 3 N–H and O–H groups in total. The van der Waals surface area contributed by atoms with Crippen molar-refractivity contribution in [3.63, 3.8) is 0 Å². The summed E-state index contributed by atoms with van der Waals surface area (Å²) in [5.74, 6) is -0.240. The molecule has 20 heavy (non-hydrogen) atoms. The second-order valence-electron chi connectivity index (χ2n) is 5.40. The van der Waals surface area contributed by atoms with Crippen LogP contribution in [0.3, 0.4) is 0 Å². The highest BCUT2D eigenvalue weighted by Gasteiger charge is 2.18. The van der Waals surface area contributed by atoms with Gasteiger partial charge < -0.3 is 15.7 Å². The maximum atomic E-state index is 11.6. The minimum Gasteiger partial charge on any atom is -0.396 e. The number of nitrogens with one attached hydrogen (secondary N) is 2. The molecule has 5 nitrogen and oxygen atoms in total. The first kappa shape index (κ1) is 16.7. The molecule has 0 saturated carbocycles. The normalized spacial score (nSPS) is 11.2. The first-order valence-electron chi connectivity index (χ1n) is 6.64. The Balaban J connectivity index is 2.19. The second-order valence-corrected chi connectivity index (χ2v) is 6.35. The van der Waals surface area contributed by atoms with E-state index in [0.29, 0.717) is 24.4 Å². The topological polar surface area (TPSA) is 78.4 Å². The van der Waals surface area contributed by atoms with Gasteiger partial charge in [-0.1, -0.05) is 19.9 Å². The van der Waals surface area contributed by atoms with Crippen LogP contribution in [0.5, 0.6) is 0 Å². The van der Waals surface area contributed by atoms with Crippen molar-refractivity contribution in [1.82, 2.24) is 10.6 Å². The van der Waals surface area contributed by atoms with E-state index in [9.17, 15) is 9.59 Å². The van der Waals surface area contributed by atoms with Crippen LogP contribution >= 0.6 is 11.3 Å². The fraction of sp³-hybridized carbons (Fsp3) is 0.571. The lowest BCUT2D eigenvalue weighted by molar-refractivity contribution is -0.121. The molecule has 0 radical (unpaired) electrons. The fourth-order valence-electron chi connectivity index (χ4n) is 1.60. The minimum absolute atomic E-state index is 0.0949. The molecule has 0 unspecified atom stereocenters. The number of rotatable bonds is 8. The van der Waals surface area contributed by atoms with Gasteiger partial charge in [0, 0.05) is 26.1 Å². The molecule has 112 valence electrons. The van der Waals surface area contributed by atoms with Gasteiger partial charge in [0.05, 0.1) is 4.88 Å². The molecule has 1 rings (SSSR count). The number of thiophene rings is 1. The highest BCUT2D eigenvalue weighted by atomic mass is 32.1. The van der Waals surface area contributed by atoms with E-state index in [-0.39, 0.29) is 30.3 Å². The summed E-state index contributed by atoms with van der Waals surface area (Å²) >= 11 is 1.37. The van der Waals surface area contributed by atoms with Gasteiger partial charge in [0.1, 0.15) is 0 Å². The zero-order valence-electron chi connectivity index (χ0n) is 11.9. The van der Waals surface area contributed by atoms with E-state index in [1.54, 1.807) is 6.07 Å². The Bertz CT molecular complexity index is 430. The third kappa shape index (κ3) is 6.16. The molecule has 0 spiro atoms. The van der Waals surface area contributed by atoms with Crippen LogP contribution in [0, 0.1) is 5.41 Å². The summed E-state index contributed by atoms with van der Waals surface area (Å²) in [7, 11) is 0. The van der Waals surface area contributed by atoms with E-state index >= 15 is 0 Å². The summed E-state index contributed by atoms with van der Waals surface area (Å²) < 4.78 is 0. The van der Waals surface area contributed by atoms with Gasteiger partial charge in [-0.3, -0.25) is 9.59 Å². The summed E-state index contributed by atoms with van der Waals surface area (Å²) in [6.07, 6.45) is 0.898. The second kappa shape index (κ2) is 8.01. The summed E-state index contributed by atoms with van der Waals surface area (Å²) in [6.45, 7) is 4.93. The van der Waals surface area contributed by atoms with Crippen LogP contribution in [0.25, 0.3) is 0 Å². The van der Waals surface area contributed by atoms with Crippen LogP contribution in [-0.4, -0.2) is 36.6 Å². The molecule has 2 amide bonds. The highest BCUT2D eigenvalue weighted by molar-refractivity contribution is 7.12. The largest absolute Gasteiger partial charge is 0.396 e. The van der Waals surface area contributed by atoms with E-state index in [0.717, 1.165) is 0 Å². The third-order valence-electron chi connectivity index (χ3n) is 2.94. The number of hydrogen-bond donors (Lipinski definition) is 3. The molecule has 0 bridgehead atoms. The fourth-order valence-corrected chi connectivity index (χ4v) is 2.24. The van der Waals surface area contributed by atoms with Gasteiger partial charge in [0.15, 0.2) is 0 Å². The minimum atomic E-state index is -0.145. The van der Waals surface area contributed by atoms with Crippen molar-refractivity contribution in [2.75, 3.05) is 19.7 Å². The van der Waals surface area contributed by atoms with E-state index in [2.05, 4.69) is 10.6 Å². The number of carbonyl (C=O) groups excluding carboxylic acids is 2. The van der Waals surface area contributed by atoms with Crippen molar-refractivity contribution in [2.24, 2.45) is 5.41 Å². The Kier molecular flexibility index (Phi) is 6.67. The van der Waals surface area contributed by atoms with E-state index in [4.69, 9.17) is 5.11 Å². The lowest BCUT2D eigenvalue weighted by Crippen LogP contribution is -2.36. The van der Waals surface area contributed by atoms with Crippen LogP contribution in [-0.2, 0) is 4.79 Å². The smallest absolute Gasteiger partial charge is 0.261 e. The lowest BCUT2D eigenvalue weighted by Gasteiger charge is -2.23. The Labute approximate surface area is 123 Å². The number of carbonyl (C=O) groups is 2. The van der Waals surface area contributed by atoms with Crippen LogP contribution in [0.4, 0.5) is 0 Å². The number of hydrogen-bond acceptors (Lipinski definition) is 4. The number of aliphatic hydroxyl groups excluding tert-OH is 1. The molecule has 0 saturated heterocycles. The van der Waals surface area contributed by atoms with E-state index in [1.165, 1.54) is 11.3 Å². The summed E-state index contributed by atoms with van der Waals surface area (Å²) in [5, 5.41) is 16.3. The first-order valence-corrected chi connectivity index (χ1v) is 7.52.